The van der Waals surface area contributed by atoms with Crippen molar-refractivity contribution in [3.05, 3.63) is 36.0 Å². The highest BCUT2D eigenvalue weighted by molar-refractivity contribution is 5.90. The molecule has 0 aliphatic heterocycles. The number of pyridine rings is 1. The predicted octanol–water partition coefficient (Wildman–Crippen LogP) is 2.38. The monoisotopic (exact) mass is 172 g/mol. The molecule has 0 spiro atoms. The lowest BCUT2D eigenvalue weighted by molar-refractivity contribution is 1.14. The van der Waals surface area contributed by atoms with Crippen molar-refractivity contribution < 1.29 is 0 Å². The van der Waals surface area contributed by atoms with Crippen LogP contribution in [0.4, 0.5) is 5.69 Å². The Bertz CT molecular complexity index is 435. The molecule has 0 atom stereocenters. The summed E-state index contributed by atoms with van der Waals surface area (Å²) in [6.07, 6.45) is 2.77. The smallest absolute Gasteiger partial charge is 0.0722 e. The van der Waals surface area contributed by atoms with E-state index in [1.54, 1.807) is 6.20 Å². The van der Waals surface area contributed by atoms with Crippen LogP contribution in [0.2, 0.25) is 0 Å². The zero-order valence-corrected chi connectivity index (χ0v) is 7.62. The molecule has 0 fully saturated rings. The van der Waals surface area contributed by atoms with Crippen LogP contribution in [0.15, 0.2) is 30.5 Å². The average Bonchev–Trinajstić information content (AvgIpc) is 2.18. The first-order valence-electron chi connectivity index (χ1n) is 4.44. The first-order valence-corrected chi connectivity index (χ1v) is 4.44. The summed E-state index contributed by atoms with van der Waals surface area (Å²) in [5, 5.41) is 1.06. The van der Waals surface area contributed by atoms with Crippen molar-refractivity contribution in [1.82, 2.24) is 4.98 Å². The van der Waals surface area contributed by atoms with Gasteiger partial charge in [-0.2, -0.15) is 0 Å². The van der Waals surface area contributed by atoms with Crippen molar-refractivity contribution in [1.29, 1.82) is 0 Å². The van der Waals surface area contributed by atoms with Crippen molar-refractivity contribution in [2.45, 2.75) is 13.3 Å². The van der Waals surface area contributed by atoms with Crippen LogP contribution in [0.5, 0.6) is 0 Å². The molecule has 1 aromatic heterocycles. The maximum absolute atomic E-state index is 5.84. The Labute approximate surface area is 77.4 Å². The fraction of sp³-hybridized carbons (Fsp3) is 0.182. The summed E-state index contributed by atoms with van der Waals surface area (Å²) in [5.74, 6) is 0. The number of anilines is 1. The molecule has 1 heterocycles. The van der Waals surface area contributed by atoms with Crippen LogP contribution < -0.4 is 5.73 Å². The van der Waals surface area contributed by atoms with E-state index in [0.717, 1.165) is 23.0 Å². The molecule has 2 heteroatoms. The number of fused-ring (bicyclic) bond motifs is 1. The summed E-state index contributed by atoms with van der Waals surface area (Å²) in [7, 11) is 0. The molecular weight excluding hydrogens is 160 g/mol. The molecule has 2 rings (SSSR count). The molecule has 1 aromatic carbocycles. The van der Waals surface area contributed by atoms with Crippen LogP contribution in [0.3, 0.4) is 0 Å². The molecular formula is C11H12N2. The van der Waals surface area contributed by atoms with Gasteiger partial charge >= 0.3 is 0 Å². The van der Waals surface area contributed by atoms with E-state index in [2.05, 4.69) is 24.0 Å². The Kier molecular flexibility index (Phi) is 1.89. The minimum absolute atomic E-state index is 0.806. The third-order valence-corrected chi connectivity index (χ3v) is 2.25. The Balaban J connectivity index is 2.74. The van der Waals surface area contributed by atoms with Gasteiger partial charge < -0.3 is 5.73 Å². The van der Waals surface area contributed by atoms with Gasteiger partial charge in [0.2, 0.25) is 0 Å². The number of hydrogen-bond donors (Lipinski definition) is 1. The van der Waals surface area contributed by atoms with E-state index in [1.165, 1.54) is 5.56 Å². The van der Waals surface area contributed by atoms with Gasteiger partial charge in [-0.25, -0.2) is 0 Å². The van der Waals surface area contributed by atoms with E-state index in [-0.39, 0.29) is 0 Å². The zero-order valence-electron chi connectivity index (χ0n) is 7.62. The maximum atomic E-state index is 5.84. The molecule has 2 aromatic rings. The quantitative estimate of drug-likeness (QED) is 0.717. The Morgan fingerprint density at radius 3 is 2.92 bits per heavy atom. The second-order valence-electron chi connectivity index (χ2n) is 3.11. The van der Waals surface area contributed by atoms with Crippen molar-refractivity contribution in [3.63, 3.8) is 0 Å². The van der Waals surface area contributed by atoms with Crippen LogP contribution in [-0.2, 0) is 6.42 Å². The topological polar surface area (TPSA) is 38.9 Å². The normalized spacial score (nSPS) is 10.5. The lowest BCUT2D eigenvalue weighted by Crippen LogP contribution is -1.89. The molecule has 0 saturated heterocycles. The Morgan fingerprint density at radius 2 is 2.15 bits per heavy atom. The second-order valence-corrected chi connectivity index (χ2v) is 3.11. The summed E-state index contributed by atoms with van der Waals surface area (Å²) >= 11 is 0. The van der Waals surface area contributed by atoms with Crippen molar-refractivity contribution in [2.24, 2.45) is 0 Å². The molecule has 0 radical (unpaired) electrons. The van der Waals surface area contributed by atoms with E-state index >= 15 is 0 Å². The largest absolute Gasteiger partial charge is 0.398 e. The van der Waals surface area contributed by atoms with Crippen LogP contribution in [0.1, 0.15) is 12.5 Å². The first kappa shape index (κ1) is 8.05. The molecule has 66 valence electrons. The first-order chi connectivity index (χ1) is 6.31. The number of rotatable bonds is 1. The van der Waals surface area contributed by atoms with Gasteiger partial charge in [0.25, 0.3) is 0 Å². The lowest BCUT2D eigenvalue weighted by Gasteiger charge is -2.02. The fourth-order valence-electron chi connectivity index (χ4n) is 1.43. The molecule has 0 saturated carbocycles. The molecule has 0 unspecified atom stereocenters. The number of benzene rings is 1. The van der Waals surface area contributed by atoms with Gasteiger partial charge in [-0.15, -0.1) is 0 Å². The summed E-state index contributed by atoms with van der Waals surface area (Å²) < 4.78 is 0. The number of aromatic nitrogens is 1. The lowest BCUT2D eigenvalue weighted by atomic mass is 10.1. The molecule has 0 amide bonds. The maximum Gasteiger partial charge on any atom is 0.0722 e. The number of nitrogens with zero attached hydrogens (tertiary/aromatic N) is 1. The van der Waals surface area contributed by atoms with Gasteiger partial charge in [0.05, 0.1) is 5.52 Å². The number of aryl methyl sites for hydroxylation is 1. The van der Waals surface area contributed by atoms with Crippen molar-refractivity contribution >= 4 is 16.6 Å². The van der Waals surface area contributed by atoms with Crippen LogP contribution in [0, 0.1) is 0 Å². The molecule has 2 N–H and O–H groups in total. The van der Waals surface area contributed by atoms with E-state index in [9.17, 15) is 0 Å². The molecule has 0 aliphatic carbocycles. The molecule has 13 heavy (non-hydrogen) atoms. The highest BCUT2D eigenvalue weighted by Gasteiger charge is 1.98. The number of hydrogen-bond acceptors (Lipinski definition) is 2. The summed E-state index contributed by atoms with van der Waals surface area (Å²) in [6, 6.07) is 8.05. The molecule has 0 aliphatic rings. The van der Waals surface area contributed by atoms with Gasteiger partial charge in [0, 0.05) is 17.3 Å². The van der Waals surface area contributed by atoms with E-state index in [1.807, 2.05) is 12.1 Å². The van der Waals surface area contributed by atoms with Gasteiger partial charge in [-0.1, -0.05) is 13.0 Å². The third-order valence-electron chi connectivity index (χ3n) is 2.25. The Morgan fingerprint density at radius 1 is 1.31 bits per heavy atom. The third kappa shape index (κ3) is 1.35. The van der Waals surface area contributed by atoms with Gasteiger partial charge in [0.15, 0.2) is 0 Å². The minimum atomic E-state index is 0.806. The number of nitrogens with two attached hydrogens (primary N) is 1. The van der Waals surface area contributed by atoms with Crippen LogP contribution in [-0.4, -0.2) is 4.98 Å². The van der Waals surface area contributed by atoms with E-state index in [4.69, 9.17) is 5.73 Å². The SMILES string of the molecule is CCc1ccc2nccc(N)c2c1. The molecule has 2 nitrogen and oxygen atoms in total. The van der Waals surface area contributed by atoms with E-state index < -0.39 is 0 Å². The van der Waals surface area contributed by atoms with Gasteiger partial charge in [-0.05, 0) is 30.2 Å². The highest BCUT2D eigenvalue weighted by Crippen LogP contribution is 2.19. The predicted molar refractivity (Wildman–Crippen MR) is 55.5 cm³/mol. The van der Waals surface area contributed by atoms with E-state index in [0.29, 0.717) is 0 Å². The summed E-state index contributed by atoms with van der Waals surface area (Å²) in [5.41, 5.74) is 8.91. The van der Waals surface area contributed by atoms with Crippen LogP contribution in [0.25, 0.3) is 10.9 Å². The summed E-state index contributed by atoms with van der Waals surface area (Å²) in [4.78, 5) is 4.24. The average molecular weight is 172 g/mol. The standard InChI is InChI=1S/C11H12N2/c1-2-8-3-4-11-9(7-8)10(12)5-6-13-11/h3-7H,2H2,1H3,(H2,12,13). The Hall–Kier alpha value is -1.57. The van der Waals surface area contributed by atoms with Gasteiger partial charge in [0.1, 0.15) is 0 Å². The van der Waals surface area contributed by atoms with Crippen molar-refractivity contribution in [3.8, 4) is 0 Å². The fourth-order valence-corrected chi connectivity index (χ4v) is 1.43. The van der Waals surface area contributed by atoms with Crippen molar-refractivity contribution in [2.75, 3.05) is 5.73 Å². The van der Waals surface area contributed by atoms with Crippen LogP contribution >= 0.6 is 0 Å². The van der Waals surface area contributed by atoms with Gasteiger partial charge in [-0.3, -0.25) is 4.98 Å². The zero-order chi connectivity index (χ0) is 9.26. The molecule has 0 bridgehead atoms. The summed E-state index contributed by atoms with van der Waals surface area (Å²) in [6.45, 7) is 2.13. The minimum Gasteiger partial charge on any atom is -0.398 e. The highest BCUT2D eigenvalue weighted by atomic mass is 14.7. The second kappa shape index (κ2) is 3.05. The number of nitrogen functional groups attached to an aromatic ring is 1.